The van der Waals surface area contributed by atoms with E-state index < -0.39 is 10.0 Å². The minimum atomic E-state index is -3.73. The van der Waals surface area contributed by atoms with Crippen LogP contribution in [0.3, 0.4) is 0 Å². The van der Waals surface area contributed by atoms with Gasteiger partial charge in [-0.05, 0) is 78.6 Å². The molecule has 0 spiro atoms. The summed E-state index contributed by atoms with van der Waals surface area (Å²) < 4.78 is 28.1. The van der Waals surface area contributed by atoms with Crippen molar-refractivity contribution in [1.29, 1.82) is 0 Å². The number of anilines is 3. The molecule has 0 aromatic heterocycles. The van der Waals surface area contributed by atoms with Crippen LogP contribution in [0.4, 0.5) is 17.1 Å². The van der Waals surface area contributed by atoms with Crippen LogP contribution < -0.4 is 14.9 Å². The highest BCUT2D eigenvalue weighted by Crippen LogP contribution is 2.29. The lowest BCUT2D eigenvalue weighted by Crippen LogP contribution is -2.19. The molecule has 0 saturated heterocycles. The fourth-order valence-corrected chi connectivity index (χ4v) is 5.50. The normalized spacial score (nSPS) is 12.8. The summed E-state index contributed by atoms with van der Waals surface area (Å²) in [5.41, 5.74) is 6.22. The zero-order valence-corrected chi connectivity index (χ0v) is 20.8. The fraction of sp³-hybridized carbons (Fsp3) is 0.138. The maximum Gasteiger partial charge on any atom is 0.261 e. The molecule has 1 amide bonds. The second-order valence-corrected chi connectivity index (χ2v) is 10.6. The Kier molecular flexibility index (Phi) is 6.48. The van der Waals surface area contributed by atoms with Crippen LogP contribution in [-0.2, 0) is 23.0 Å². The Morgan fingerprint density at radius 3 is 2.31 bits per heavy atom. The van der Waals surface area contributed by atoms with Crippen molar-refractivity contribution in [2.45, 2.75) is 24.8 Å². The van der Waals surface area contributed by atoms with Gasteiger partial charge in [0.2, 0.25) is 0 Å². The summed E-state index contributed by atoms with van der Waals surface area (Å²) in [4.78, 5) is 15.2. The quantitative estimate of drug-likeness (QED) is 0.348. The lowest BCUT2D eigenvalue weighted by Gasteiger charge is -2.19. The smallest absolute Gasteiger partial charge is 0.261 e. The van der Waals surface area contributed by atoms with Gasteiger partial charge in [0.1, 0.15) is 0 Å². The van der Waals surface area contributed by atoms with Crippen molar-refractivity contribution in [2.75, 3.05) is 21.5 Å². The van der Waals surface area contributed by atoms with Crippen molar-refractivity contribution in [3.8, 4) is 0 Å². The van der Waals surface area contributed by atoms with E-state index in [2.05, 4.69) is 39.2 Å². The predicted octanol–water partition coefficient (Wildman–Crippen LogP) is 5.61. The molecule has 7 heteroatoms. The molecule has 5 rings (SSSR count). The molecule has 0 saturated carbocycles. The van der Waals surface area contributed by atoms with Crippen LogP contribution in [0.2, 0.25) is 0 Å². The van der Waals surface area contributed by atoms with Crippen molar-refractivity contribution in [1.82, 2.24) is 0 Å². The molecule has 0 aliphatic carbocycles. The number of amides is 1. The van der Waals surface area contributed by atoms with Crippen LogP contribution in [0.1, 0.15) is 27.0 Å². The van der Waals surface area contributed by atoms with E-state index in [0.29, 0.717) is 16.9 Å². The zero-order valence-electron chi connectivity index (χ0n) is 19.9. The minimum Gasteiger partial charge on any atom is -0.367 e. The second kappa shape index (κ2) is 9.87. The Morgan fingerprint density at radius 1 is 0.861 bits per heavy atom. The van der Waals surface area contributed by atoms with Crippen LogP contribution >= 0.6 is 0 Å². The van der Waals surface area contributed by atoms with Gasteiger partial charge >= 0.3 is 0 Å². The summed E-state index contributed by atoms with van der Waals surface area (Å²) in [6, 6.07) is 29.4. The number of nitrogens with one attached hydrogen (secondary N) is 2. The third-order valence-electron chi connectivity index (χ3n) is 6.38. The molecule has 1 aliphatic heterocycles. The molecule has 0 atom stereocenters. The lowest BCUT2D eigenvalue weighted by molar-refractivity contribution is 0.102. The summed E-state index contributed by atoms with van der Waals surface area (Å²) >= 11 is 0. The first-order chi connectivity index (χ1) is 17.4. The number of benzene rings is 4. The highest BCUT2D eigenvalue weighted by atomic mass is 32.2. The Morgan fingerprint density at radius 2 is 1.56 bits per heavy atom. The highest BCUT2D eigenvalue weighted by molar-refractivity contribution is 7.92. The van der Waals surface area contributed by atoms with Gasteiger partial charge in [-0.25, -0.2) is 8.42 Å². The van der Waals surface area contributed by atoms with Crippen LogP contribution in [0.15, 0.2) is 102 Å². The Hall–Kier alpha value is -4.10. The summed E-state index contributed by atoms with van der Waals surface area (Å²) in [5, 5.41) is 2.84. The summed E-state index contributed by atoms with van der Waals surface area (Å²) in [5.74, 6) is -0.248. The molecular formula is C29H27N3O3S. The van der Waals surface area contributed by atoms with Gasteiger partial charge in [0, 0.05) is 30.0 Å². The van der Waals surface area contributed by atoms with Crippen LogP contribution in [0.5, 0.6) is 0 Å². The van der Waals surface area contributed by atoms with Gasteiger partial charge in [-0.2, -0.15) is 0 Å². The molecule has 0 bridgehead atoms. The number of nitrogens with zero attached hydrogens (tertiary/aromatic N) is 1. The number of fused-ring (bicyclic) bond motifs is 1. The van der Waals surface area contributed by atoms with Gasteiger partial charge in [0.05, 0.1) is 10.6 Å². The van der Waals surface area contributed by atoms with E-state index in [4.69, 9.17) is 0 Å². The third kappa shape index (κ3) is 5.11. The molecular weight excluding hydrogens is 470 g/mol. The first-order valence-electron chi connectivity index (χ1n) is 11.8. The number of hydrogen-bond acceptors (Lipinski definition) is 4. The van der Waals surface area contributed by atoms with Gasteiger partial charge in [0.25, 0.3) is 15.9 Å². The summed E-state index contributed by atoms with van der Waals surface area (Å²) in [6.45, 7) is 3.63. The predicted molar refractivity (Wildman–Crippen MR) is 144 cm³/mol. The number of hydrogen-bond donors (Lipinski definition) is 2. The van der Waals surface area contributed by atoms with E-state index in [9.17, 15) is 13.2 Å². The molecule has 182 valence electrons. The topological polar surface area (TPSA) is 78.5 Å². The first-order valence-corrected chi connectivity index (χ1v) is 13.3. The average Bonchev–Trinajstić information content (AvgIpc) is 3.29. The van der Waals surface area contributed by atoms with E-state index in [0.717, 1.165) is 30.6 Å². The monoisotopic (exact) mass is 497 g/mol. The molecule has 0 fully saturated rings. The molecule has 1 aliphatic rings. The molecule has 4 aromatic rings. The minimum absolute atomic E-state index is 0.122. The van der Waals surface area contributed by atoms with Crippen LogP contribution in [-0.4, -0.2) is 20.9 Å². The van der Waals surface area contributed by atoms with Gasteiger partial charge in [-0.1, -0.05) is 48.5 Å². The zero-order chi connectivity index (χ0) is 25.1. The lowest BCUT2D eigenvalue weighted by atomic mass is 10.1. The van der Waals surface area contributed by atoms with Crippen LogP contribution in [0, 0.1) is 6.92 Å². The van der Waals surface area contributed by atoms with E-state index in [1.54, 1.807) is 24.3 Å². The number of sulfonamides is 1. The second-order valence-electron chi connectivity index (χ2n) is 8.90. The van der Waals surface area contributed by atoms with Gasteiger partial charge in [-0.3, -0.25) is 9.52 Å². The molecule has 2 N–H and O–H groups in total. The van der Waals surface area contributed by atoms with Crippen molar-refractivity contribution < 1.29 is 13.2 Å². The van der Waals surface area contributed by atoms with Crippen molar-refractivity contribution in [2.24, 2.45) is 0 Å². The summed E-state index contributed by atoms with van der Waals surface area (Å²) in [7, 11) is -3.73. The standard InChI is InChI=1S/C29H27N3O3S/c1-21-6-2-4-8-27(21)31-36(34,35)26-16-14-25(15-17-26)30-29(33)24-12-10-22(11-13-24)20-32-19-18-23-7-3-5-9-28(23)32/h2-17,31H,18-20H2,1H3,(H,30,33). The Balaban J connectivity index is 1.21. The third-order valence-corrected chi connectivity index (χ3v) is 7.77. The van der Waals surface area contributed by atoms with E-state index >= 15 is 0 Å². The number of para-hydroxylation sites is 2. The number of carbonyl (C=O) groups is 1. The molecule has 6 nitrogen and oxygen atoms in total. The van der Waals surface area contributed by atoms with Crippen molar-refractivity contribution in [3.05, 3.63) is 119 Å². The molecule has 36 heavy (non-hydrogen) atoms. The SMILES string of the molecule is Cc1ccccc1NS(=O)(=O)c1ccc(NC(=O)c2ccc(CN3CCc4ccccc43)cc2)cc1. The number of aryl methyl sites for hydroxylation is 1. The highest BCUT2D eigenvalue weighted by Gasteiger charge is 2.19. The molecule has 0 unspecified atom stereocenters. The molecule has 0 radical (unpaired) electrons. The van der Waals surface area contributed by atoms with Crippen LogP contribution in [0.25, 0.3) is 0 Å². The van der Waals surface area contributed by atoms with Gasteiger partial charge < -0.3 is 10.2 Å². The van der Waals surface area contributed by atoms with E-state index in [1.807, 2.05) is 43.3 Å². The first kappa shape index (κ1) is 23.6. The molecule has 1 heterocycles. The fourth-order valence-electron chi connectivity index (χ4n) is 4.36. The largest absolute Gasteiger partial charge is 0.367 e. The number of carbonyl (C=O) groups excluding carboxylic acids is 1. The maximum absolute atomic E-state index is 12.7. The number of rotatable bonds is 7. The summed E-state index contributed by atoms with van der Waals surface area (Å²) in [6.07, 6.45) is 1.05. The van der Waals surface area contributed by atoms with E-state index in [-0.39, 0.29) is 10.8 Å². The van der Waals surface area contributed by atoms with Gasteiger partial charge in [0.15, 0.2) is 0 Å². The Bertz CT molecular complexity index is 1500. The maximum atomic E-state index is 12.7. The van der Waals surface area contributed by atoms with Gasteiger partial charge in [-0.15, -0.1) is 0 Å². The molecule has 4 aromatic carbocycles. The van der Waals surface area contributed by atoms with E-state index in [1.165, 1.54) is 23.4 Å². The van der Waals surface area contributed by atoms with Crippen molar-refractivity contribution >= 4 is 33.0 Å². The average molecular weight is 498 g/mol. The van der Waals surface area contributed by atoms with Crippen molar-refractivity contribution in [3.63, 3.8) is 0 Å². The Labute approximate surface area is 211 Å².